The van der Waals surface area contributed by atoms with Crippen molar-refractivity contribution in [1.29, 1.82) is 5.26 Å². The number of carbonyl (C=O) groups is 3. The van der Waals surface area contributed by atoms with E-state index in [-0.39, 0.29) is 51.7 Å². The molecule has 3 fully saturated rings. The maximum absolute atomic E-state index is 14.4. The topological polar surface area (TPSA) is 136 Å². The van der Waals surface area contributed by atoms with Gasteiger partial charge in [0, 0.05) is 29.2 Å². The van der Waals surface area contributed by atoms with Crippen molar-refractivity contribution in [3.05, 3.63) is 28.7 Å². The molecule has 38 heavy (non-hydrogen) atoms. The molecule has 2 saturated carbocycles. The smallest absolute Gasteiger partial charge is 0.268 e. The summed E-state index contributed by atoms with van der Waals surface area (Å²) in [5.74, 6) is -6.98. The minimum atomic E-state index is -2.95. The summed E-state index contributed by atoms with van der Waals surface area (Å²) in [6.45, 7) is 0. The number of benzene rings is 1. The number of ether oxygens (including phenoxy) is 1. The number of methoxy groups -OCH3 is 1. The molecule has 2 heterocycles. The molecule has 0 radical (unpaired) electrons. The monoisotopic (exact) mass is 551 g/mol. The quantitative estimate of drug-likeness (QED) is 0.379. The lowest BCUT2D eigenvalue weighted by atomic mass is 9.95. The molecule has 1 saturated heterocycles. The molecule has 202 valence electrons. The average molecular weight is 552 g/mol. The number of amides is 3. The lowest BCUT2D eigenvalue weighted by Gasteiger charge is -2.21. The lowest BCUT2D eigenvalue weighted by molar-refractivity contribution is -0.125. The molecule has 4 atom stereocenters. The molecule has 1 aromatic heterocycles. The van der Waals surface area contributed by atoms with Crippen molar-refractivity contribution in [3.63, 3.8) is 0 Å². The minimum Gasteiger partial charge on any atom is -0.494 e. The third-order valence-corrected chi connectivity index (χ3v) is 7.84. The fourth-order valence-corrected chi connectivity index (χ4v) is 5.43. The molecule has 2 aliphatic carbocycles. The molecule has 3 aliphatic rings. The van der Waals surface area contributed by atoms with Crippen molar-refractivity contribution in [2.45, 2.75) is 62.1 Å². The normalized spacial score (nSPS) is 23.8. The zero-order chi connectivity index (χ0) is 27.4. The molecule has 0 bridgehead atoms. The summed E-state index contributed by atoms with van der Waals surface area (Å²) in [6.07, 6.45) is 1.60. The SMILES string of the molecule is COc1c(Cl)cc(F)c2[nH]c(C(=O)N[C@@H](C[C@@H]3CC3(F)F)C(=O)N[C@H](C#N)C[C@@H]3CC4(CC4)NC3=O)cc12. The Labute approximate surface area is 220 Å². The van der Waals surface area contributed by atoms with E-state index in [1.54, 1.807) is 0 Å². The molecule has 1 aliphatic heterocycles. The highest BCUT2D eigenvalue weighted by atomic mass is 35.5. The van der Waals surface area contributed by atoms with Crippen LogP contribution in [0.2, 0.25) is 5.02 Å². The van der Waals surface area contributed by atoms with E-state index in [1.807, 2.05) is 6.07 Å². The Balaban J connectivity index is 1.31. The van der Waals surface area contributed by atoms with Crippen molar-refractivity contribution in [3.8, 4) is 11.8 Å². The van der Waals surface area contributed by atoms with Gasteiger partial charge in [-0.2, -0.15) is 5.26 Å². The number of nitrogens with one attached hydrogen (secondary N) is 4. The van der Waals surface area contributed by atoms with Gasteiger partial charge in [-0.1, -0.05) is 11.6 Å². The van der Waals surface area contributed by atoms with Gasteiger partial charge in [0.25, 0.3) is 11.8 Å². The standard InChI is InChI=1S/C25H25ClF3N5O4/c1-38-20-14-6-18(32-19(14)16(27)7-15(20)26)23(37)33-17(5-12-9-25(12,28)29)22(36)31-13(10-30)4-11-8-24(2-3-24)34-21(11)35/h6-7,11-13,17,32H,2-5,8-9H2,1H3,(H,31,36)(H,33,37)(H,34,35)/t11-,12-,13+,17+/m1/s1. The van der Waals surface area contributed by atoms with Gasteiger partial charge < -0.3 is 25.7 Å². The lowest BCUT2D eigenvalue weighted by Crippen LogP contribution is -2.50. The Bertz CT molecular complexity index is 1370. The van der Waals surface area contributed by atoms with E-state index in [0.717, 1.165) is 18.9 Å². The number of alkyl halides is 2. The van der Waals surface area contributed by atoms with Crippen molar-refractivity contribution >= 4 is 40.2 Å². The van der Waals surface area contributed by atoms with E-state index in [4.69, 9.17) is 16.3 Å². The summed E-state index contributed by atoms with van der Waals surface area (Å²) < 4.78 is 47.0. The van der Waals surface area contributed by atoms with Crippen LogP contribution in [0.5, 0.6) is 5.75 Å². The van der Waals surface area contributed by atoms with Crippen LogP contribution in [0, 0.1) is 29.0 Å². The number of carbonyl (C=O) groups excluding carboxylic acids is 3. The number of aromatic amines is 1. The second-order valence-electron chi connectivity index (χ2n) is 10.4. The number of fused-ring (bicyclic) bond motifs is 1. The van der Waals surface area contributed by atoms with Crippen molar-refractivity contribution < 1.29 is 32.3 Å². The van der Waals surface area contributed by atoms with Crippen LogP contribution in [0.4, 0.5) is 13.2 Å². The van der Waals surface area contributed by atoms with Gasteiger partial charge in [-0.3, -0.25) is 14.4 Å². The van der Waals surface area contributed by atoms with Gasteiger partial charge in [0.05, 0.1) is 23.7 Å². The van der Waals surface area contributed by atoms with E-state index in [1.165, 1.54) is 13.2 Å². The van der Waals surface area contributed by atoms with Gasteiger partial charge >= 0.3 is 0 Å². The number of hydrogen-bond acceptors (Lipinski definition) is 5. The molecule has 3 amide bonds. The van der Waals surface area contributed by atoms with Crippen LogP contribution in [0.25, 0.3) is 10.9 Å². The zero-order valence-corrected chi connectivity index (χ0v) is 21.1. The second kappa shape index (κ2) is 9.38. The number of H-pyrrole nitrogens is 1. The highest BCUT2D eigenvalue weighted by Gasteiger charge is 2.58. The Morgan fingerprint density at radius 3 is 2.55 bits per heavy atom. The first-order valence-corrected chi connectivity index (χ1v) is 12.6. The number of halogens is 4. The number of rotatable bonds is 9. The minimum absolute atomic E-state index is 0.0113. The predicted molar refractivity (Wildman–Crippen MR) is 129 cm³/mol. The zero-order valence-electron chi connectivity index (χ0n) is 20.3. The van der Waals surface area contributed by atoms with Gasteiger partial charge in [-0.15, -0.1) is 0 Å². The molecule has 1 spiro atoms. The van der Waals surface area contributed by atoms with Gasteiger partial charge in [0.2, 0.25) is 11.8 Å². The van der Waals surface area contributed by atoms with E-state index in [0.29, 0.717) is 6.42 Å². The number of aromatic nitrogens is 1. The Hall–Kier alpha value is -3.46. The van der Waals surface area contributed by atoms with Crippen LogP contribution in [-0.2, 0) is 9.59 Å². The van der Waals surface area contributed by atoms with Crippen LogP contribution in [0.1, 0.15) is 49.0 Å². The average Bonchev–Trinajstić information content (AvgIpc) is 3.61. The van der Waals surface area contributed by atoms with Crippen molar-refractivity contribution in [2.24, 2.45) is 11.8 Å². The molecular weight excluding hydrogens is 527 g/mol. The molecule has 2 aromatic rings. The van der Waals surface area contributed by atoms with Gasteiger partial charge in [-0.05, 0) is 44.2 Å². The molecule has 1 aromatic carbocycles. The van der Waals surface area contributed by atoms with Crippen LogP contribution in [0.15, 0.2) is 12.1 Å². The maximum atomic E-state index is 14.4. The molecule has 4 N–H and O–H groups in total. The third kappa shape index (κ3) is 4.99. The number of nitriles is 1. The first-order valence-electron chi connectivity index (χ1n) is 12.2. The van der Waals surface area contributed by atoms with Gasteiger partial charge in [0.1, 0.15) is 29.3 Å². The van der Waals surface area contributed by atoms with E-state index in [9.17, 15) is 32.8 Å². The third-order valence-electron chi connectivity index (χ3n) is 7.56. The summed E-state index contributed by atoms with van der Waals surface area (Å²) in [6, 6.07) is 1.79. The first kappa shape index (κ1) is 26.2. The van der Waals surface area contributed by atoms with E-state index >= 15 is 0 Å². The fraction of sp³-hybridized carbons (Fsp3) is 0.520. The number of nitrogens with zero attached hydrogens (tertiary/aromatic N) is 1. The Morgan fingerprint density at radius 2 is 1.97 bits per heavy atom. The van der Waals surface area contributed by atoms with Gasteiger partial charge in [-0.25, -0.2) is 13.2 Å². The summed E-state index contributed by atoms with van der Waals surface area (Å²) >= 11 is 6.01. The van der Waals surface area contributed by atoms with Crippen LogP contribution in [-0.4, -0.2) is 53.4 Å². The predicted octanol–water partition coefficient (Wildman–Crippen LogP) is 3.18. The maximum Gasteiger partial charge on any atom is 0.268 e. The summed E-state index contributed by atoms with van der Waals surface area (Å²) in [5.41, 5.74) is -0.404. The highest BCUT2D eigenvalue weighted by molar-refractivity contribution is 6.33. The van der Waals surface area contributed by atoms with Gasteiger partial charge in [0.15, 0.2) is 0 Å². The molecular formula is C25H25ClF3N5O4. The molecule has 0 unspecified atom stereocenters. The highest BCUT2D eigenvalue weighted by Crippen LogP contribution is 2.51. The summed E-state index contributed by atoms with van der Waals surface area (Å²) in [5, 5.41) is 17.6. The van der Waals surface area contributed by atoms with Crippen LogP contribution < -0.4 is 20.7 Å². The van der Waals surface area contributed by atoms with Crippen molar-refractivity contribution in [1.82, 2.24) is 20.9 Å². The first-order chi connectivity index (χ1) is 17.9. The van der Waals surface area contributed by atoms with Crippen LogP contribution in [0.3, 0.4) is 0 Å². The van der Waals surface area contributed by atoms with E-state index in [2.05, 4.69) is 20.9 Å². The fourth-order valence-electron chi connectivity index (χ4n) is 5.16. The summed E-state index contributed by atoms with van der Waals surface area (Å²) in [7, 11) is 1.33. The van der Waals surface area contributed by atoms with E-state index < -0.39 is 53.9 Å². The van der Waals surface area contributed by atoms with Crippen molar-refractivity contribution in [2.75, 3.05) is 7.11 Å². The molecule has 9 nitrogen and oxygen atoms in total. The molecule has 13 heteroatoms. The molecule has 5 rings (SSSR count). The summed E-state index contributed by atoms with van der Waals surface area (Å²) in [4.78, 5) is 41.0. The largest absolute Gasteiger partial charge is 0.494 e. The Morgan fingerprint density at radius 1 is 1.26 bits per heavy atom. The Kier molecular flexibility index (Phi) is 6.46. The number of hydrogen-bond donors (Lipinski definition) is 4. The van der Waals surface area contributed by atoms with Crippen LogP contribution >= 0.6 is 11.6 Å². The second-order valence-corrected chi connectivity index (χ2v) is 10.8.